The quantitative estimate of drug-likeness (QED) is 0.843. The van der Waals surface area contributed by atoms with Crippen molar-refractivity contribution < 1.29 is 4.74 Å². The molecule has 6 heteroatoms. The number of hydrogen-bond donors (Lipinski definition) is 2. The molecule has 1 aromatic heterocycles. The second kappa shape index (κ2) is 5.37. The second-order valence-corrected chi connectivity index (χ2v) is 5.67. The predicted molar refractivity (Wildman–Crippen MR) is 86.9 cm³/mol. The Hall–Kier alpha value is -2.08. The minimum absolute atomic E-state index is 0.108. The molecule has 21 heavy (non-hydrogen) atoms. The molecule has 110 valence electrons. The summed E-state index contributed by atoms with van der Waals surface area (Å²) in [6.07, 6.45) is 1.01. The van der Waals surface area contributed by atoms with Crippen LogP contribution in [0.5, 0.6) is 5.75 Å². The number of rotatable bonds is 4. The topological polar surface area (TPSA) is 65.1 Å². The lowest BCUT2D eigenvalue weighted by atomic mass is 10.1. The van der Waals surface area contributed by atoms with Gasteiger partial charge in [-0.3, -0.25) is 4.68 Å². The van der Waals surface area contributed by atoms with Crippen molar-refractivity contribution in [3.8, 4) is 5.75 Å². The first-order valence-corrected chi connectivity index (χ1v) is 7.29. The van der Waals surface area contributed by atoms with Crippen molar-refractivity contribution in [1.29, 1.82) is 0 Å². The molecule has 2 aromatic rings. The molecule has 3 N–H and O–H groups in total. The van der Waals surface area contributed by atoms with Crippen molar-refractivity contribution in [2.75, 3.05) is 11.9 Å². The molecule has 0 fully saturated rings. The van der Waals surface area contributed by atoms with Crippen LogP contribution in [0.25, 0.3) is 0 Å². The zero-order valence-corrected chi connectivity index (χ0v) is 12.9. The number of para-hydroxylation sites is 1. The summed E-state index contributed by atoms with van der Waals surface area (Å²) >= 11 is 5.11. The van der Waals surface area contributed by atoms with Crippen LogP contribution in [0, 0.1) is 6.92 Å². The molecule has 5 nitrogen and oxygen atoms in total. The summed E-state index contributed by atoms with van der Waals surface area (Å²) in [7, 11) is 1.88. The third-order valence-electron chi connectivity index (χ3n) is 3.68. The third kappa shape index (κ3) is 2.58. The van der Waals surface area contributed by atoms with Crippen LogP contribution in [0.2, 0.25) is 0 Å². The first-order valence-electron chi connectivity index (χ1n) is 6.88. The Morgan fingerprint density at radius 1 is 1.52 bits per heavy atom. The number of fused-ring (bicyclic) bond motifs is 1. The standard InChI is InChI=1S/C15H18N4OS/c1-9-13(14(16)21)15(19(2)18-9)17-8-11-7-10-5-3-4-6-12(10)20-11/h3-6,11,17H,7-8H2,1-2H3,(H2,16,21). The summed E-state index contributed by atoms with van der Waals surface area (Å²) < 4.78 is 7.69. The van der Waals surface area contributed by atoms with Crippen molar-refractivity contribution in [2.45, 2.75) is 19.4 Å². The van der Waals surface area contributed by atoms with Crippen LogP contribution < -0.4 is 15.8 Å². The number of nitrogens with one attached hydrogen (secondary N) is 1. The van der Waals surface area contributed by atoms with Gasteiger partial charge in [-0.2, -0.15) is 5.10 Å². The summed E-state index contributed by atoms with van der Waals surface area (Å²) in [5, 5.41) is 7.73. The van der Waals surface area contributed by atoms with E-state index in [0.717, 1.165) is 29.2 Å². The fraction of sp³-hybridized carbons (Fsp3) is 0.333. The maximum absolute atomic E-state index is 5.92. The molecule has 1 aromatic carbocycles. The Labute approximate surface area is 129 Å². The normalized spacial score (nSPS) is 16.4. The lowest BCUT2D eigenvalue weighted by molar-refractivity contribution is 0.246. The van der Waals surface area contributed by atoms with Gasteiger partial charge in [0.05, 0.1) is 17.8 Å². The number of nitrogens with zero attached hydrogens (tertiary/aromatic N) is 2. The van der Waals surface area contributed by atoms with Gasteiger partial charge in [0.25, 0.3) is 0 Å². The predicted octanol–water partition coefficient (Wildman–Crippen LogP) is 1.78. The van der Waals surface area contributed by atoms with Gasteiger partial charge in [-0.15, -0.1) is 0 Å². The summed E-state index contributed by atoms with van der Waals surface area (Å²) in [6, 6.07) is 8.13. The molecule has 1 atom stereocenters. The average molecular weight is 302 g/mol. The van der Waals surface area contributed by atoms with Gasteiger partial charge in [0.2, 0.25) is 0 Å². The Balaban J connectivity index is 1.71. The number of nitrogens with two attached hydrogens (primary N) is 1. The van der Waals surface area contributed by atoms with Crippen LogP contribution in [0.4, 0.5) is 5.82 Å². The van der Waals surface area contributed by atoms with E-state index in [4.69, 9.17) is 22.7 Å². The number of thiocarbonyl (C=S) groups is 1. The first kappa shape index (κ1) is 13.9. The first-order chi connectivity index (χ1) is 10.1. The van der Waals surface area contributed by atoms with E-state index < -0.39 is 0 Å². The zero-order chi connectivity index (χ0) is 15.0. The smallest absolute Gasteiger partial charge is 0.134 e. The Morgan fingerprint density at radius 2 is 2.29 bits per heavy atom. The van der Waals surface area contributed by atoms with Gasteiger partial charge in [0, 0.05) is 13.5 Å². The molecule has 1 aliphatic rings. The fourth-order valence-corrected chi connectivity index (χ4v) is 2.98. The van der Waals surface area contributed by atoms with E-state index in [-0.39, 0.29) is 6.10 Å². The van der Waals surface area contributed by atoms with Gasteiger partial charge in [-0.25, -0.2) is 0 Å². The van der Waals surface area contributed by atoms with E-state index in [1.807, 2.05) is 32.2 Å². The minimum Gasteiger partial charge on any atom is -0.488 e. The van der Waals surface area contributed by atoms with Crippen LogP contribution >= 0.6 is 12.2 Å². The molecule has 0 saturated heterocycles. The highest BCUT2D eigenvalue weighted by Crippen LogP contribution is 2.28. The Morgan fingerprint density at radius 3 is 3.00 bits per heavy atom. The number of hydrogen-bond acceptors (Lipinski definition) is 4. The molecule has 0 amide bonds. The van der Waals surface area contributed by atoms with Crippen molar-refractivity contribution >= 4 is 23.0 Å². The lowest BCUT2D eigenvalue weighted by Crippen LogP contribution is -2.26. The summed E-state index contributed by atoms with van der Waals surface area (Å²) in [5.41, 5.74) is 8.68. The van der Waals surface area contributed by atoms with E-state index in [0.29, 0.717) is 11.5 Å². The van der Waals surface area contributed by atoms with Gasteiger partial charge in [-0.05, 0) is 18.6 Å². The third-order valence-corrected chi connectivity index (χ3v) is 3.88. The molecule has 3 rings (SSSR count). The highest BCUT2D eigenvalue weighted by molar-refractivity contribution is 7.80. The maximum atomic E-state index is 5.92. The summed E-state index contributed by atoms with van der Waals surface area (Å²) in [6.45, 7) is 2.59. The number of anilines is 1. The molecule has 1 unspecified atom stereocenters. The highest BCUT2D eigenvalue weighted by Gasteiger charge is 2.23. The van der Waals surface area contributed by atoms with Gasteiger partial charge >= 0.3 is 0 Å². The average Bonchev–Trinajstić information content (AvgIpc) is 2.96. The fourth-order valence-electron chi connectivity index (χ4n) is 2.73. The largest absolute Gasteiger partial charge is 0.488 e. The number of ether oxygens (including phenoxy) is 1. The van der Waals surface area contributed by atoms with E-state index in [9.17, 15) is 0 Å². The summed E-state index contributed by atoms with van der Waals surface area (Å²) in [4.78, 5) is 0.360. The van der Waals surface area contributed by atoms with Gasteiger partial charge in [-0.1, -0.05) is 30.4 Å². The minimum atomic E-state index is 0.108. The van der Waals surface area contributed by atoms with Crippen molar-refractivity contribution in [3.05, 3.63) is 41.1 Å². The van der Waals surface area contributed by atoms with Crippen molar-refractivity contribution in [2.24, 2.45) is 12.8 Å². The molecule has 2 heterocycles. The highest BCUT2D eigenvalue weighted by atomic mass is 32.1. The monoisotopic (exact) mass is 302 g/mol. The van der Waals surface area contributed by atoms with Crippen LogP contribution in [0.3, 0.4) is 0 Å². The van der Waals surface area contributed by atoms with Gasteiger partial charge < -0.3 is 15.8 Å². The molecule has 0 spiro atoms. The summed E-state index contributed by atoms with van der Waals surface area (Å²) in [5.74, 6) is 1.82. The van der Waals surface area contributed by atoms with Crippen molar-refractivity contribution in [1.82, 2.24) is 9.78 Å². The van der Waals surface area contributed by atoms with E-state index in [1.54, 1.807) is 4.68 Å². The Kier molecular flexibility index (Phi) is 3.55. The van der Waals surface area contributed by atoms with E-state index in [1.165, 1.54) is 5.56 Å². The molecule has 0 saturated carbocycles. The van der Waals surface area contributed by atoms with Crippen LogP contribution in [-0.4, -0.2) is 27.4 Å². The van der Waals surface area contributed by atoms with Crippen LogP contribution in [-0.2, 0) is 13.5 Å². The van der Waals surface area contributed by atoms with Crippen LogP contribution in [0.15, 0.2) is 24.3 Å². The van der Waals surface area contributed by atoms with Crippen molar-refractivity contribution in [3.63, 3.8) is 0 Å². The lowest BCUT2D eigenvalue weighted by Gasteiger charge is -2.14. The van der Waals surface area contributed by atoms with Gasteiger partial charge in [0.15, 0.2) is 0 Å². The SMILES string of the molecule is Cc1nn(C)c(NCC2Cc3ccccc3O2)c1C(N)=S. The molecule has 1 aliphatic heterocycles. The van der Waals surface area contributed by atoms with Gasteiger partial charge in [0.1, 0.15) is 22.7 Å². The molecule has 0 aliphatic carbocycles. The molecule has 0 radical (unpaired) electrons. The second-order valence-electron chi connectivity index (χ2n) is 5.23. The Bertz CT molecular complexity index is 670. The molecular formula is C15H18N4OS. The van der Waals surface area contributed by atoms with E-state index >= 15 is 0 Å². The molecule has 0 bridgehead atoms. The van der Waals surface area contributed by atoms with E-state index in [2.05, 4.69) is 16.5 Å². The number of benzene rings is 1. The maximum Gasteiger partial charge on any atom is 0.134 e. The van der Waals surface area contributed by atoms with Crippen LogP contribution in [0.1, 0.15) is 16.8 Å². The number of aryl methyl sites for hydroxylation is 2. The zero-order valence-electron chi connectivity index (χ0n) is 12.1. The number of aromatic nitrogens is 2. The molecular weight excluding hydrogens is 284 g/mol.